The van der Waals surface area contributed by atoms with Crippen molar-refractivity contribution in [2.24, 2.45) is 5.92 Å². The van der Waals surface area contributed by atoms with Gasteiger partial charge in [0.25, 0.3) is 0 Å². The van der Waals surface area contributed by atoms with Crippen LogP contribution in [0.5, 0.6) is 0 Å². The molecule has 0 aromatic heterocycles. The first-order valence-electron chi connectivity index (χ1n) is 7.13. The van der Waals surface area contributed by atoms with Crippen molar-refractivity contribution in [1.82, 2.24) is 0 Å². The number of aliphatic hydroxyl groups is 4. The van der Waals surface area contributed by atoms with E-state index >= 15 is 0 Å². The van der Waals surface area contributed by atoms with Crippen LogP contribution in [0.4, 0.5) is 0 Å². The zero-order valence-electron chi connectivity index (χ0n) is 14.2. The van der Waals surface area contributed by atoms with Crippen molar-refractivity contribution >= 4 is 11.9 Å². The summed E-state index contributed by atoms with van der Waals surface area (Å²) >= 11 is 0. The topological polar surface area (TPSA) is 180 Å². The van der Waals surface area contributed by atoms with Gasteiger partial charge in [-0.15, -0.1) is 0 Å². The van der Waals surface area contributed by atoms with Gasteiger partial charge in [0.05, 0.1) is 18.5 Å². The molecule has 1 fully saturated rings. The third kappa shape index (κ3) is 8.96. The largest absolute Gasteiger partial charge is 1.00 e. The smallest absolute Gasteiger partial charge is 0.549 e. The van der Waals surface area contributed by atoms with Gasteiger partial charge in [-0.3, -0.25) is 0 Å². The van der Waals surface area contributed by atoms with Crippen LogP contribution in [0.2, 0.25) is 0 Å². The van der Waals surface area contributed by atoms with Gasteiger partial charge in [-0.2, -0.15) is 0 Å². The summed E-state index contributed by atoms with van der Waals surface area (Å²) in [5.41, 5.74) is 0. The van der Waals surface area contributed by atoms with Gasteiger partial charge in [-0.05, 0) is 12.8 Å². The van der Waals surface area contributed by atoms with Crippen LogP contribution in [-0.2, 0) is 19.1 Å². The molecule has 0 aromatic rings. The van der Waals surface area contributed by atoms with E-state index in [0.717, 1.165) is 0 Å². The van der Waals surface area contributed by atoms with Gasteiger partial charge in [0.1, 0.15) is 24.4 Å². The number of unbranched alkanes of at least 4 members (excludes halogenated alkanes) is 1. The monoisotopic (exact) mass is 382 g/mol. The second-order valence-electron chi connectivity index (χ2n) is 5.30. The molecule has 0 bridgehead atoms. The molecule has 0 saturated carbocycles. The summed E-state index contributed by atoms with van der Waals surface area (Å²) in [6.07, 6.45) is -6.88. The minimum atomic E-state index is -1.70. The summed E-state index contributed by atoms with van der Waals surface area (Å²) in [6.45, 7) is -0.0550. The molecule has 0 spiro atoms. The van der Waals surface area contributed by atoms with E-state index in [1.165, 1.54) is 0 Å². The quantitative estimate of drug-likeness (QED) is 0.170. The first-order chi connectivity index (χ1) is 10.8. The average Bonchev–Trinajstić information content (AvgIpc) is 2.48. The standard InChI is InChI=1S/C13H22O10.2Na/c14-8-7(23-13(21)10(16)9(8)15)5-22-4-2-1-3-6(11(17)18)12(19)20;;/h6-10,13-16,21H,1-5H2,(H,17,18)(H,19,20);;/q;2*+1/p-2/t7-,8+,9+,10-,13?;;/m1../s1. The third-order valence-corrected chi connectivity index (χ3v) is 3.57. The molecule has 1 aliphatic heterocycles. The SMILES string of the molecule is O=C([O-])C(CCCCOC[C@H]1OC(O)[C@H](O)[C@@H](O)[C@H]1O)C(=O)[O-].[Na+].[Na+]. The van der Waals surface area contributed by atoms with Crippen molar-refractivity contribution < 1.29 is 109 Å². The molecular weight excluding hydrogens is 362 g/mol. The zero-order valence-corrected chi connectivity index (χ0v) is 18.2. The van der Waals surface area contributed by atoms with E-state index < -0.39 is 48.6 Å². The predicted octanol–water partition coefficient (Wildman–Crippen LogP) is -10.9. The van der Waals surface area contributed by atoms with Crippen molar-refractivity contribution in [2.45, 2.75) is 50.0 Å². The predicted molar refractivity (Wildman–Crippen MR) is 67.1 cm³/mol. The molecule has 1 heterocycles. The van der Waals surface area contributed by atoms with E-state index in [4.69, 9.17) is 9.47 Å². The molecule has 1 rings (SSSR count). The van der Waals surface area contributed by atoms with Crippen molar-refractivity contribution in [3.05, 3.63) is 0 Å². The van der Waals surface area contributed by atoms with Gasteiger partial charge in [-0.1, -0.05) is 6.42 Å². The number of carboxylic acids is 2. The van der Waals surface area contributed by atoms with Gasteiger partial charge < -0.3 is 49.7 Å². The first-order valence-corrected chi connectivity index (χ1v) is 7.13. The van der Waals surface area contributed by atoms with Crippen molar-refractivity contribution in [3.63, 3.8) is 0 Å². The minimum Gasteiger partial charge on any atom is -0.549 e. The summed E-state index contributed by atoms with van der Waals surface area (Å²) in [5.74, 6) is -5.08. The van der Waals surface area contributed by atoms with Gasteiger partial charge in [0, 0.05) is 12.5 Å². The molecule has 0 radical (unpaired) electrons. The van der Waals surface area contributed by atoms with Gasteiger partial charge >= 0.3 is 59.1 Å². The fraction of sp³-hybridized carbons (Fsp3) is 0.846. The summed E-state index contributed by atoms with van der Waals surface area (Å²) in [6, 6.07) is 0. The number of hydrogen-bond donors (Lipinski definition) is 4. The van der Waals surface area contributed by atoms with Gasteiger partial charge in [-0.25, -0.2) is 0 Å². The molecule has 12 heteroatoms. The number of ether oxygens (including phenoxy) is 2. The van der Waals surface area contributed by atoms with E-state index in [2.05, 4.69) is 0 Å². The number of aliphatic hydroxyl groups excluding tert-OH is 4. The summed E-state index contributed by atoms with van der Waals surface area (Å²) in [5, 5.41) is 58.8. The minimum absolute atomic E-state index is 0. The maximum atomic E-state index is 10.5. The van der Waals surface area contributed by atoms with Gasteiger partial charge in [0.2, 0.25) is 0 Å². The second kappa shape index (κ2) is 13.8. The Bertz CT molecular complexity index is 396. The molecule has 25 heavy (non-hydrogen) atoms. The van der Waals surface area contributed by atoms with Crippen LogP contribution in [0.15, 0.2) is 0 Å². The molecule has 134 valence electrons. The van der Waals surface area contributed by atoms with Crippen molar-refractivity contribution in [1.29, 1.82) is 0 Å². The Balaban J connectivity index is 0. The van der Waals surface area contributed by atoms with E-state index in [0.29, 0.717) is 6.42 Å². The number of hydrogen-bond acceptors (Lipinski definition) is 10. The Morgan fingerprint density at radius 3 is 2.04 bits per heavy atom. The van der Waals surface area contributed by atoms with E-state index in [-0.39, 0.29) is 85.2 Å². The molecule has 1 saturated heterocycles. The first kappa shape index (κ1) is 27.9. The zero-order chi connectivity index (χ0) is 17.6. The molecule has 1 unspecified atom stereocenters. The van der Waals surface area contributed by atoms with Crippen LogP contribution in [0, 0.1) is 5.92 Å². The number of rotatable bonds is 9. The van der Waals surface area contributed by atoms with Crippen LogP contribution < -0.4 is 69.3 Å². The summed E-state index contributed by atoms with van der Waals surface area (Å²) in [4.78, 5) is 21.0. The average molecular weight is 382 g/mol. The molecular formula is C13H20Na2O10. The van der Waals surface area contributed by atoms with Crippen LogP contribution in [0.3, 0.4) is 0 Å². The van der Waals surface area contributed by atoms with Crippen LogP contribution >= 0.6 is 0 Å². The van der Waals surface area contributed by atoms with Crippen LogP contribution in [-0.4, -0.2) is 76.3 Å². The number of carboxylic acid groups (broad SMARTS) is 2. The Hall–Kier alpha value is 0.700. The van der Waals surface area contributed by atoms with E-state index in [1.807, 2.05) is 0 Å². The number of carbonyl (C=O) groups is 2. The van der Waals surface area contributed by atoms with Crippen LogP contribution in [0.1, 0.15) is 19.3 Å². The number of carbonyl (C=O) groups excluding carboxylic acids is 2. The maximum Gasteiger partial charge on any atom is 1.00 e. The van der Waals surface area contributed by atoms with E-state index in [9.17, 15) is 40.2 Å². The van der Waals surface area contributed by atoms with E-state index in [1.54, 1.807) is 0 Å². The molecule has 10 nitrogen and oxygen atoms in total. The normalized spacial score (nSPS) is 28.8. The third-order valence-electron chi connectivity index (χ3n) is 3.57. The molecule has 0 aliphatic carbocycles. The Morgan fingerprint density at radius 1 is 0.960 bits per heavy atom. The molecule has 0 aromatic carbocycles. The molecule has 0 amide bonds. The Morgan fingerprint density at radius 2 is 1.52 bits per heavy atom. The fourth-order valence-corrected chi connectivity index (χ4v) is 2.15. The second-order valence-corrected chi connectivity index (χ2v) is 5.30. The molecule has 1 aliphatic rings. The van der Waals surface area contributed by atoms with Crippen LogP contribution in [0.25, 0.3) is 0 Å². The molecule has 4 N–H and O–H groups in total. The number of aliphatic carboxylic acids is 2. The molecule has 5 atom stereocenters. The Labute approximate surface area is 188 Å². The Kier molecular flexibility index (Phi) is 15.4. The van der Waals surface area contributed by atoms with Crippen molar-refractivity contribution in [3.8, 4) is 0 Å². The summed E-state index contributed by atoms with van der Waals surface area (Å²) < 4.78 is 10.1. The summed E-state index contributed by atoms with van der Waals surface area (Å²) in [7, 11) is 0. The van der Waals surface area contributed by atoms with Gasteiger partial charge in [0.15, 0.2) is 6.29 Å². The van der Waals surface area contributed by atoms with Crippen molar-refractivity contribution in [2.75, 3.05) is 13.2 Å². The maximum absolute atomic E-state index is 10.5. The fourth-order valence-electron chi connectivity index (χ4n) is 2.15.